The van der Waals surface area contributed by atoms with Crippen LogP contribution < -0.4 is 10.8 Å². The zero-order valence-electron chi connectivity index (χ0n) is 15.5. The third-order valence-corrected chi connectivity index (χ3v) is 5.88. The maximum Gasteiger partial charge on any atom is 0.267 e. The zero-order chi connectivity index (χ0) is 20.7. The van der Waals surface area contributed by atoms with Crippen LogP contribution in [0.4, 0.5) is 0 Å². The molecule has 3 rings (SSSR count). The molecule has 2 aromatic carbocycles. The summed E-state index contributed by atoms with van der Waals surface area (Å²) in [6, 6.07) is 18.3. The maximum absolute atomic E-state index is 12.8. The Morgan fingerprint density at radius 3 is 2.28 bits per heavy atom. The van der Waals surface area contributed by atoms with Gasteiger partial charge >= 0.3 is 0 Å². The summed E-state index contributed by atoms with van der Waals surface area (Å²) in [5, 5.41) is 11.8. The number of nitrogens with zero attached hydrogens (tertiary/aromatic N) is 1. The van der Waals surface area contributed by atoms with Crippen molar-refractivity contribution in [1.82, 2.24) is 14.8 Å². The zero-order valence-corrected chi connectivity index (χ0v) is 16.3. The van der Waals surface area contributed by atoms with Gasteiger partial charge in [0.05, 0.1) is 4.90 Å². The van der Waals surface area contributed by atoms with E-state index in [4.69, 9.17) is 5.21 Å². The summed E-state index contributed by atoms with van der Waals surface area (Å²) in [6.07, 6.45) is 5.30. The topological polar surface area (TPSA) is 100 Å². The van der Waals surface area contributed by atoms with Gasteiger partial charge in [0.1, 0.15) is 0 Å². The number of benzene rings is 2. The van der Waals surface area contributed by atoms with E-state index < -0.39 is 15.9 Å². The van der Waals surface area contributed by atoms with Gasteiger partial charge in [0.2, 0.25) is 0 Å². The van der Waals surface area contributed by atoms with Gasteiger partial charge in [0.25, 0.3) is 15.9 Å². The molecule has 8 heteroatoms. The molecule has 0 saturated heterocycles. The Balaban J connectivity index is 1.64. The van der Waals surface area contributed by atoms with Crippen molar-refractivity contribution >= 4 is 22.0 Å². The number of amides is 1. The van der Waals surface area contributed by atoms with Crippen molar-refractivity contribution in [3.05, 3.63) is 95.8 Å². The van der Waals surface area contributed by atoms with Crippen molar-refractivity contribution in [2.45, 2.75) is 18.0 Å². The highest BCUT2D eigenvalue weighted by molar-refractivity contribution is 7.90. The average Bonchev–Trinajstić information content (AvgIpc) is 3.23. The van der Waals surface area contributed by atoms with E-state index >= 15 is 0 Å². The monoisotopic (exact) mass is 411 g/mol. The van der Waals surface area contributed by atoms with Gasteiger partial charge in [-0.1, -0.05) is 42.5 Å². The summed E-state index contributed by atoms with van der Waals surface area (Å²) in [5.41, 5.74) is 4.14. The van der Waals surface area contributed by atoms with Crippen LogP contribution in [0.15, 0.2) is 84.0 Å². The Morgan fingerprint density at radius 1 is 0.966 bits per heavy atom. The van der Waals surface area contributed by atoms with Crippen LogP contribution in [0.3, 0.4) is 0 Å². The van der Waals surface area contributed by atoms with Gasteiger partial charge in [-0.3, -0.25) is 10.0 Å². The quantitative estimate of drug-likeness (QED) is 0.300. The minimum atomic E-state index is -3.73. The Hall–Kier alpha value is -3.20. The summed E-state index contributed by atoms with van der Waals surface area (Å²) < 4.78 is 26.6. The lowest BCUT2D eigenvalue weighted by Gasteiger charge is -2.08. The molecule has 3 aromatic rings. The third-order valence-electron chi connectivity index (χ3n) is 4.23. The second kappa shape index (κ2) is 9.33. The van der Waals surface area contributed by atoms with E-state index in [9.17, 15) is 13.2 Å². The molecule has 0 saturated carbocycles. The minimum Gasteiger partial charge on any atom is -0.309 e. The van der Waals surface area contributed by atoms with Gasteiger partial charge in [-0.2, -0.15) is 0 Å². The number of hydroxylamine groups is 1. The molecular weight excluding hydrogens is 390 g/mol. The Kier molecular flexibility index (Phi) is 6.61. The lowest BCUT2D eigenvalue weighted by atomic mass is 10.2. The molecule has 0 fully saturated rings. The maximum atomic E-state index is 12.8. The SMILES string of the molecule is O=C(C=Cc1ccn(S(=O)(=O)c2ccc(CNCc3ccccc3)cc2)c1)NO. The molecule has 0 aliphatic heterocycles. The van der Waals surface area contributed by atoms with Gasteiger partial charge in [-0.15, -0.1) is 0 Å². The lowest BCUT2D eigenvalue weighted by molar-refractivity contribution is -0.124. The van der Waals surface area contributed by atoms with E-state index in [1.165, 1.54) is 29.5 Å². The molecule has 0 aliphatic carbocycles. The van der Waals surface area contributed by atoms with Gasteiger partial charge in [-0.05, 0) is 41.0 Å². The predicted octanol–water partition coefficient (Wildman–Crippen LogP) is 2.53. The van der Waals surface area contributed by atoms with Crippen LogP contribution in [0.2, 0.25) is 0 Å². The van der Waals surface area contributed by atoms with Crippen molar-refractivity contribution in [2.24, 2.45) is 0 Å². The number of carbonyl (C=O) groups excluding carboxylic acids is 1. The number of nitrogens with one attached hydrogen (secondary N) is 2. The van der Waals surface area contributed by atoms with Crippen LogP contribution in [-0.2, 0) is 27.9 Å². The Bertz CT molecular complexity index is 1090. The van der Waals surface area contributed by atoms with Crippen molar-refractivity contribution in [2.75, 3.05) is 0 Å². The van der Waals surface area contributed by atoms with Crippen LogP contribution in [0, 0.1) is 0 Å². The van der Waals surface area contributed by atoms with E-state index in [1.807, 2.05) is 30.3 Å². The second-order valence-electron chi connectivity index (χ2n) is 6.32. The molecule has 0 aliphatic rings. The highest BCUT2D eigenvalue weighted by atomic mass is 32.2. The molecule has 1 amide bonds. The largest absolute Gasteiger partial charge is 0.309 e. The molecule has 0 unspecified atom stereocenters. The molecule has 0 bridgehead atoms. The minimum absolute atomic E-state index is 0.170. The fourth-order valence-electron chi connectivity index (χ4n) is 2.70. The summed E-state index contributed by atoms with van der Waals surface area (Å²) in [7, 11) is -3.73. The molecule has 0 atom stereocenters. The van der Waals surface area contributed by atoms with E-state index in [0.717, 1.165) is 22.2 Å². The van der Waals surface area contributed by atoms with Crippen molar-refractivity contribution in [1.29, 1.82) is 0 Å². The fraction of sp³-hybridized carbons (Fsp3) is 0.0952. The second-order valence-corrected chi connectivity index (χ2v) is 8.17. The van der Waals surface area contributed by atoms with Crippen LogP contribution in [0.25, 0.3) is 6.08 Å². The van der Waals surface area contributed by atoms with Crippen LogP contribution >= 0.6 is 0 Å². The third kappa shape index (κ3) is 5.41. The van der Waals surface area contributed by atoms with Crippen molar-refractivity contribution in [3.8, 4) is 0 Å². The Morgan fingerprint density at radius 2 is 1.62 bits per heavy atom. The molecule has 7 nitrogen and oxygen atoms in total. The van der Waals surface area contributed by atoms with Gasteiger partial charge in [-0.25, -0.2) is 17.9 Å². The first kappa shape index (κ1) is 20.5. The Labute approximate surface area is 169 Å². The molecule has 0 spiro atoms. The van der Waals surface area contributed by atoms with Gasteiger partial charge in [0, 0.05) is 31.6 Å². The van der Waals surface area contributed by atoms with E-state index in [0.29, 0.717) is 12.1 Å². The number of hydrogen-bond donors (Lipinski definition) is 3. The summed E-state index contributed by atoms with van der Waals surface area (Å²) >= 11 is 0. The van der Waals surface area contributed by atoms with Crippen molar-refractivity contribution in [3.63, 3.8) is 0 Å². The number of rotatable bonds is 8. The fourth-order valence-corrected chi connectivity index (χ4v) is 3.90. The molecule has 0 radical (unpaired) electrons. The van der Waals surface area contributed by atoms with Crippen LogP contribution in [0.5, 0.6) is 0 Å². The normalized spacial score (nSPS) is 11.6. The first-order valence-electron chi connectivity index (χ1n) is 8.88. The lowest BCUT2D eigenvalue weighted by Crippen LogP contribution is -2.14. The van der Waals surface area contributed by atoms with E-state index in [-0.39, 0.29) is 4.90 Å². The number of hydrogen-bond acceptors (Lipinski definition) is 5. The molecule has 1 heterocycles. The van der Waals surface area contributed by atoms with Gasteiger partial charge < -0.3 is 5.32 Å². The molecule has 29 heavy (non-hydrogen) atoms. The van der Waals surface area contributed by atoms with Crippen molar-refractivity contribution < 1.29 is 18.4 Å². The molecule has 150 valence electrons. The standard InChI is InChI=1S/C21H21N3O4S/c25-21(23-26)11-8-19-12-13-24(16-19)29(27,28)20-9-6-18(7-10-20)15-22-14-17-4-2-1-3-5-17/h1-13,16,22,26H,14-15H2,(H,23,25). The van der Waals surface area contributed by atoms with E-state index in [2.05, 4.69) is 5.32 Å². The summed E-state index contributed by atoms with van der Waals surface area (Å²) in [5.74, 6) is -0.697. The summed E-state index contributed by atoms with van der Waals surface area (Å²) in [6.45, 7) is 1.36. The highest BCUT2D eigenvalue weighted by Gasteiger charge is 2.16. The highest BCUT2D eigenvalue weighted by Crippen LogP contribution is 2.17. The summed E-state index contributed by atoms with van der Waals surface area (Å²) in [4.78, 5) is 11.2. The predicted molar refractivity (Wildman–Crippen MR) is 109 cm³/mol. The first-order valence-corrected chi connectivity index (χ1v) is 10.3. The van der Waals surface area contributed by atoms with Gasteiger partial charge in [0.15, 0.2) is 0 Å². The molecular formula is C21H21N3O4S. The van der Waals surface area contributed by atoms with Crippen LogP contribution in [-0.4, -0.2) is 23.5 Å². The van der Waals surface area contributed by atoms with E-state index in [1.54, 1.807) is 30.3 Å². The number of aromatic nitrogens is 1. The number of carbonyl (C=O) groups is 1. The molecule has 1 aromatic heterocycles. The smallest absolute Gasteiger partial charge is 0.267 e. The van der Waals surface area contributed by atoms with Crippen LogP contribution in [0.1, 0.15) is 16.7 Å². The average molecular weight is 411 g/mol. The first-order chi connectivity index (χ1) is 14.0. The molecule has 3 N–H and O–H groups in total.